The highest BCUT2D eigenvalue weighted by Crippen LogP contribution is 2.16. The number of hydrogen-bond donors (Lipinski definition) is 1. The molecule has 7 heteroatoms. The number of nitrogens with one attached hydrogen (secondary N) is 1. The third kappa shape index (κ3) is 4.21. The molecule has 0 saturated carbocycles. The summed E-state index contributed by atoms with van der Waals surface area (Å²) in [5.74, 6) is 1.33. The van der Waals surface area contributed by atoms with Gasteiger partial charge in [0, 0.05) is 6.20 Å². The Hall–Kier alpha value is -3.58. The van der Waals surface area contributed by atoms with Crippen molar-refractivity contribution >= 4 is 18.4 Å². The number of aromatic amines is 1. The van der Waals surface area contributed by atoms with Crippen LogP contribution in [-0.4, -0.2) is 26.1 Å². The Morgan fingerprint density at radius 3 is 2.71 bits per heavy atom. The van der Waals surface area contributed by atoms with Crippen molar-refractivity contribution in [2.45, 2.75) is 6.61 Å². The molecule has 0 aliphatic rings. The highest BCUT2D eigenvalue weighted by atomic mass is 32.1. The second-order valence-corrected chi connectivity index (χ2v) is 6.36. The van der Waals surface area contributed by atoms with Gasteiger partial charge in [-0.05, 0) is 47.6 Å². The lowest BCUT2D eigenvalue weighted by Crippen LogP contribution is -1.97. The number of hydrogen-bond acceptors (Lipinski definition) is 5. The second-order valence-electron chi connectivity index (χ2n) is 5.97. The van der Waals surface area contributed by atoms with Gasteiger partial charge in [0.25, 0.3) is 0 Å². The predicted molar refractivity (Wildman–Crippen MR) is 111 cm³/mol. The molecular weight excluding hydrogens is 370 g/mol. The topological polar surface area (TPSA) is 68.1 Å². The van der Waals surface area contributed by atoms with Gasteiger partial charge >= 0.3 is 0 Å². The zero-order valence-electron chi connectivity index (χ0n) is 14.9. The first-order chi connectivity index (χ1) is 13.8. The number of H-pyrrole nitrogens is 1. The largest absolute Gasteiger partial charge is 0.489 e. The standard InChI is InChI=1S/C21H17N5OS/c28-21-25-24-20(19-11-4-5-12-22-19)26(21)23-14-17-9-6-10-18(13-17)27-15-16-7-2-1-3-8-16/h1-14H,15H2,(H,25,28)/b23-14-. The fourth-order valence-electron chi connectivity index (χ4n) is 2.61. The van der Waals surface area contributed by atoms with Crippen molar-refractivity contribution in [3.8, 4) is 17.3 Å². The van der Waals surface area contributed by atoms with Crippen LogP contribution in [0.25, 0.3) is 11.5 Å². The summed E-state index contributed by atoms with van der Waals surface area (Å²) in [6.45, 7) is 0.512. The lowest BCUT2D eigenvalue weighted by atomic mass is 10.2. The monoisotopic (exact) mass is 387 g/mol. The first-order valence-electron chi connectivity index (χ1n) is 8.69. The van der Waals surface area contributed by atoms with Crippen molar-refractivity contribution in [3.05, 3.63) is 94.9 Å². The molecule has 4 rings (SSSR count). The molecule has 1 N–H and O–H groups in total. The van der Waals surface area contributed by atoms with E-state index in [-0.39, 0.29) is 0 Å². The second kappa shape index (κ2) is 8.41. The van der Waals surface area contributed by atoms with Crippen molar-refractivity contribution in [2.24, 2.45) is 5.10 Å². The summed E-state index contributed by atoms with van der Waals surface area (Å²) < 4.78 is 7.82. The summed E-state index contributed by atoms with van der Waals surface area (Å²) in [5.41, 5.74) is 2.69. The molecule has 0 saturated heterocycles. The Kier molecular flexibility index (Phi) is 5.35. The van der Waals surface area contributed by atoms with Gasteiger partial charge in [0.1, 0.15) is 18.1 Å². The summed E-state index contributed by atoms with van der Waals surface area (Å²) in [5, 5.41) is 11.5. The van der Waals surface area contributed by atoms with E-state index in [0.29, 0.717) is 22.9 Å². The smallest absolute Gasteiger partial charge is 0.216 e. The fraction of sp³-hybridized carbons (Fsp3) is 0.0476. The van der Waals surface area contributed by atoms with Gasteiger partial charge in [-0.3, -0.25) is 4.98 Å². The Balaban J connectivity index is 1.53. The van der Waals surface area contributed by atoms with Crippen molar-refractivity contribution < 1.29 is 4.74 Å². The minimum Gasteiger partial charge on any atom is -0.489 e. The molecule has 0 aliphatic carbocycles. The van der Waals surface area contributed by atoms with Gasteiger partial charge < -0.3 is 4.74 Å². The zero-order chi connectivity index (χ0) is 19.2. The van der Waals surface area contributed by atoms with E-state index in [1.807, 2.05) is 72.8 Å². The summed E-state index contributed by atoms with van der Waals surface area (Å²) in [6, 6.07) is 23.4. The molecule has 0 fully saturated rings. The molecule has 2 aromatic heterocycles. The van der Waals surface area contributed by atoms with Gasteiger partial charge in [-0.2, -0.15) is 14.9 Å². The number of pyridine rings is 1. The van der Waals surface area contributed by atoms with Gasteiger partial charge in [0.15, 0.2) is 0 Å². The molecule has 0 atom stereocenters. The van der Waals surface area contributed by atoms with Gasteiger partial charge in [-0.1, -0.05) is 48.5 Å². The maximum Gasteiger partial charge on any atom is 0.216 e. The predicted octanol–water partition coefficient (Wildman–Crippen LogP) is 4.46. The van der Waals surface area contributed by atoms with Gasteiger partial charge in [0.2, 0.25) is 10.6 Å². The average Bonchev–Trinajstić information content (AvgIpc) is 3.13. The van der Waals surface area contributed by atoms with Crippen molar-refractivity contribution in [1.29, 1.82) is 0 Å². The molecule has 0 radical (unpaired) electrons. The summed E-state index contributed by atoms with van der Waals surface area (Å²) in [6.07, 6.45) is 3.42. The summed E-state index contributed by atoms with van der Waals surface area (Å²) >= 11 is 5.29. The first-order valence-corrected chi connectivity index (χ1v) is 9.10. The van der Waals surface area contributed by atoms with Crippen LogP contribution in [0.1, 0.15) is 11.1 Å². The van der Waals surface area contributed by atoms with Crippen molar-refractivity contribution in [3.63, 3.8) is 0 Å². The lowest BCUT2D eigenvalue weighted by Gasteiger charge is -2.06. The maximum atomic E-state index is 5.87. The third-order valence-corrected chi connectivity index (χ3v) is 4.24. The lowest BCUT2D eigenvalue weighted by molar-refractivity contribution is 0.306. The molecule has 0 amide bonds. The minimum atomic E-state index is 0.397. The molecular formula is C21H17N5OS. The first kappa shape index (κ1) is 17.8. The molecule has 0 spiro atoms. The SMILES string of the molecule is S=c1[nH]nc(-c2ccccn2)n1/N=C\c1cccc(OCc2ccccc2)c1. The Bertz CT molecular complexity index is 1140. The van der Waals surface area contributed by atoms with Crippen LogP contribution in [0.5, 0.6) is 5.75 Å². The minimum absolute atomic E-state index is 0.397. The summed E-state index contributed by atoms with van der Waals surface area (Å²) in [4.78, 5) is 4.30. The maximum absolute atomic E-state index is 5.87. The third-order valence-electron chi connectivity index (χ3n) is 3.97. The average molecular weight is 387 g/mol. The van der Waals surface area contributed by atoms with Crippen LogP contribution in [0.15, 0.2) is 84.1 Å². The Morgan fingerprint density at radius 1 is 1.04 bits per heavy atom. The van der Waals surface area contributed by atoms with Crippen LogP contribution < -0.4 is 4.74 Å². The van der Waals surface area contributed by atoms with Crippen molar-refractivity contribution in [2.75, 3.05) is 0 Å². The van der Waals surface area contributed by atoms with Crippen LogP contribution >= 0.6 is 12.2 Å². The van der Waals surface area contributed by atoms with Gasteiger partial charge in [-0.15, -0.1) is 0 Å². The van der Waals surface area contributed by atoms with E-state index in [4.69, 9.17) is 17.0 Å². The zero-order valence-corrected chi connectivity index (χ0v) is 15.7. The number of nitrogens with zero attached hydrogens (tertiary/aromatic N) is 4. The molecule has 0 unspecified atom stereocenters. The number of aromatic nitrogens is 4. The van der Waals surface area contributed by atoms with E-state index in [2.05, 4.69) is 20.3 Å². The molecule has 0 bridgehead atoms. The van der Waals surface area contributed by atoms with Crippen LogP contribution in [0.4, 0.5) is 0 Å². The summed E-state index contributed by atoms with van der Waals surface area (Å²) in [7, 11) is 0. The van der Waals surface area contributed by atoms with Gasteiger partial charge in [0.05, 0.1) is 6.21 Å². The van der Waals surface area contributed by atoms with E-state index < -0.39 is 0 Å². The van der Waals surface area contributed by atoms with Crippen LogP contribution in [-0.2, 0) is 6.61 Å². The molecule has 0 aliphatic heterocycles. The number of benzene rings is 2. The molecule has 28 heavy (non-hydrogen) atoms. The number of rotatable bonds is 6. The fourth-order valence-corrected chi connectivity index (χ4v) is 2.79. The van der Waals surface area contributed by atoms with Crippen LogP contribution in [0.2, 0.25) is 0 Å². The molecule has 6 nitrogen and oxygen atoms in total. The Labute approximate surface area is 167 Å². The highest BCUT2D eigenvalue weighted by molar-refractivity contribution is 7.71. The Morgan fingerprint density at radius 2 is 1.89 bits per heavy atom. The molecule has 2 heterocycles. The van der Waals surface area contributed by atoms with E-state index in [0.717, 1.165) is 16.9 Å². The molecule has 4 aromatic rings. The van der Waals surface area contributed by atoms with Crippen LogP contribution in [0.3, 0.4) is 0 Å². The van der Waals surface area contributed by atoms with Crippen molar-refractivity contribution in [1.82, 2.24) is 19.9 Å². The van der Waals surface area contributed by atoms with Crippen LogP contribution in [0, 0.1) is 4.77 Å². The highest BCUT2D eigenvalue weighted by Gasteiger charge is 2.08. The van der Waals surface area contributed by atoms with E-state index >= 15 is 0 Å². The van der Waals surface area contributed by atoms with E-state index in [9.17, 15) is 0 Å². The van der Waals surface area contributed by atoms with E-state index in [1.165, 1.54) is 0 Å². The number of ether oxygens (including phenoxy) is 1. The van der Waals surface area contributed by atoms with Gasteiger partial charge in [-0.25, -0.2) is 5.10 Å². The normalized spacial score (nSPS) is 11.0. The van der Waals surface area contributed by atoms with E-state index in [1.54, 1.807) is 17.1 Å². The molecule has 138 valence electrons. The quantitative estimate of drug-likeness (QED) is 0.392. The molecule has 2 aromatic carbocycles.